The number of anilines is 1. The molecule has 35 heavy (non-hydrogen) atoms. The van der Waals surface area contributed by atoms with Gasteiger partial charge in [0.15, 0.2) is 0 Å². The van der Waals surface area contributed by atoms with E-state index in [2.05, 4.69) is 26.2 Å². The number of hydrogen-bond donors (Lipinski definition) is 1. The number of benzene rings is 3. The summed E-state index contributed by atoms with van der Waals surface area (Å²) in [5, 5.41) is 2.91. The minimum atomic E-state index is -4.53. The maximum absolute atomic E-state index is 13.4. The summed E-state index contributed by atoms with van der Waals surface area (Å²) in [5.41, 5.74) is -0.136. The normalized spacial score (nSPS) is 12.4. The van der Waals surface area contributed by atoms with Gasteiger partial charge < -0.3 is 10.2 Å². The Bertz CT molecular complexity index is 1450. The molecule has 0 radical (unpaired) electrons. The number of halogens is 4. The van der Waals surface area contributed by atoms with Crippen molar-refractivity contribution in [2.75, 3.05) is 12.4 Å². The van der Waals surface area contributed by atoms with Crippen LogP contribution in [-0.4, -0.2) is 27.5 Å². The van der Waals surface area contributed by atoms with Gasteiger partial charge in [0, 0.05) is 17.2 Å². The summed E-state index contributed by atoms with van der Waals surface area (Å²) in [6.07, 6.45) is -4.53. The highest BCUT2D eigenvalue weighted by molar-refractivity contribution is 9.10. The van der Waals surface area contributed by atoms with E-state index in [1.54, 1.807) is 55.5 Å². The van der Waals surface area contributed by atoms with Crippen LogP contribution in [0.15, 0.2) is 82.1 Å². The van der Waals surface area contributed by atoms with E-state index in [-0.39, 0.29) is 11.2 Å². The number of rotatable bonds is 4. The highest BCUT2D eigenvalue weighted by Crippen LogP contribution is 2.31. The Morgan fingerprint density at radius 1 is 1.06 bits per heavy atom. The van der Waals surface area contributed by atoms with Crippen LogP contribution in [0.25, 0.3) is 16.6 Å². The molecule has 1 aromatic heterocycles. The van der Waals surface area contributed by atoms with Crippen LogP contribution in [0.5, 0.6) is 0 Å². The largest absolute Gasteiger partial charge is 0.416 e. The first kappa shape index (κ1) is 24.5. The van der Waals surface area contributed by atoms with Gasteiger partial charge in [-0.3, -0.25) is 9.36 Å². The lowest BCUT2D eigenvalue weighted by molar-refractivity contribution is -0.137. The molecular weight excluding hydrogens is 525 g/mol. The van der Waals surface area contributed by atoms with Gasteiger partial charge in [-0.2, -0.15) is 13.2 Å². The van der Waals surface area contributed by atoms with Crippen LogP contribution in [0.3, 0.4) is 0 Å². The number of para-hydroxylation sites is 1. The summed E-state index contributed by atoms with van der Waals surface area (Å²) >= 11 is 3.38. The number of amides is 2. The van der Waals surface area contributed by atoms with Crippen LogP contribution in [0.4, 0.5) is 23.7 Å². The van der Waals surface area contributed by atoms with Gasteiger partial charge in [-0.05, 0) is 61.5 Å². The monoisotopic (exact) mass is 544 g/mol. The van der Waals surface area contributed by atoms with E-state index in [1.807, 2.05) is 0 Å². The van der Waals surface area contributed by atoms with Crippen LogP contribution in [0.1, 0.15) is 24.4 Å². The molecule has 1 heterocycles. The van der Waals surface area contributed by atoms with E-state index >= 15 is 0 Å². The van der Waals surface area contributed by atoms with Gasteiger partial charge in [0.05, 0.1) is 28.2 Å². The van der Waals surface area contributed by atoms with Crippen LogP contribution in [-0.2, 0) is 6.18 Å². The number of carbonyl (C=O) groups excluding carboxylic acids is 1. The molecule has 0 saturated carbocycles. The van der Waals surface area contributed by atoms with E-state index in [0.717, 1.165) is 16.6 Å². The Balaban J connectivity index is 1.73. The lowest BCUT2D eigenvalue weighted by Gasteiger charge is -2.27. The molecule has 0 aliphatic heterocycles. The summed E-state index contributed by atoms with van der Waals surface area (Å²) in [6, 6.07) is 17.0. The predicted octanol–water partition coefficient (Wildman–Crippen LogP) is 6.39. The molecule has 1 unspecified atom stereocenters. The van der Waals surface area contributed by atoms with E-state index < -0.39 is 23.8 Å². The Morgan fingerprint density at radius 3 is 2.43 bits per heavy atom. The molecule has 6 nitrogen and oxygen atoms in total. The molecule has 4 rings (SSSR count). The van der Waals surface area contributed by atoms with Gasteiger partial charge in [0.2, 0.25) is 0 Å². The van der Waals surface area contributed by atoms with Crippen LogP contribution in [0, 0.1) is 0 Å². The summed E-state index contributed by atoms with van der Waals surface area (Å²) in [6.45, 7) is 1.69. The summed E-state index contributed by atoms with van der Waals surface area (Å²) in [4.78, 5) is 32.3. The SMILES string of the molecule is CC(c1nc2ccccc2c(=O)n1-c1ccc(Br)cc1)N(C)C(=O)Nc1cccc(C(F)(F)F)c1. The number of aromatic nitrogens is 2. The number of hydrogen-bond acceptors (Lipinski definition) is 3. The van der Waals surface area contributed by atoms with Gasteiger partial charge in [0.25, 0.3) is 5.56 Å². The fraction of sp³-hybridized carbons (Fsp3) is 0.160. The molecule has 3 aromatic carbocycles. The lowest BCUT2D eigenvalue weighted by atomic mass is 10.2. The summed E-state index contributed by atoms with van der Waals surface area (Å²) in [5.74, 6) is 0.303. The third-order valence-corrected chi connectivity index (χ3v) is 6.13. The van der Waals surface area contributed by atoms with Crippen molar-refractivity contribution in [3.63, 3.8) is 0 Å². The van der Waals surface area contributed by atoms with Crippen molar-refractivity contribution < 1.29 is 18.0 Å². The van der Waals surface area contributed by atoms with Crippen molar-refractivity contribution in [2.24, 2.45) is 0 Å². The Hall–Kier alpha value is -3.66. The third-order valence-electron chi connectivity index (χ3n) is 5.60. The Kier molecular flexibility index (Phi) is 6.66. The second-order valence-corrected chi connectivity index (χ2v) is 8.82. The average Bonchev–Trinajstić information content (AvgIpc) is 2.83. The van der Waals surface area contributed by atoms with Crippen molar-refractivity contribution in [1.82, 2.24) is 14.5 Å². The minimum Gasteiger partial charge on any atom is -0.318 e. The number of nitrogens with one attached hydrogen (secondary N) is 1. The summed E-state index contributed by atoms with van der Waals surface area (Å²) in [7, 11) is 1.49. The van der Waals surface area contributed by atoms with E-state index in [9.17, 15) is 22.8 Å². The van der Waals surface area contributed by atoms with Crippen LogP contribution < -0.4 is 10.9 Å². The number of urea groups is 1. The first-order chi connectivity index (χ1) is 16.6. The smallest absolute Gasteiger partial charge is 0.318 e. The summed E-state index contributed by atoms with van der Waals surface area (Å²) < 4.78 is 41.4. The highest BCUT2D eigenvalue weighted by Gasteiger charge is 2.31. The molecule has 0 spiro atoms. The van der Waals surface area contributed by atoms with Gasteiger partial charge >= 0.3 is 12.2 Å². The Morgan fingerprint density at radius 2 is 1.74 bits per heavy atom. The van der Waals surface area contributed by atoms with Crippen molar-refractivity contribution >= 4 is 38.6 Å². The third kappa shape index (κ3) is 5.07. The van der Waals surface area contributed by atoms with E-state index in [1.165, 1.54) is 28.6 Å². The average molecular weight is 545 g/mol. The van der Waals surface area contributed by atoms with E-state index in [4.69, 9.17) is 0 Å². The number of alkyl halides is 3. The van der Waals surface area contributed by atoms with Crippen LogP contribution in [0.2, 0.25) is 0 Å². The van der Waals surface area contributed by atoms with Crippen molar-refractivity contribution in [2.45, 2.75) is 19.1 Å². The van der Waals surface area contributed by atoms with Gasteiger partial charge in [-0.15, -0.1) is 0 Å². The van der Waals surface area contributed by atoms with Crippen molar-refractivity contribution in [3.8, 4) is 5.69 Å². The molecule has 0 aliphatic rings. The second-order valence-electron chi connectivity index (χ2n) is 7.90. The second kappa shape index (κ2) is 9.53. The molecule has 0 saturated heterocycles. The first-order valence-electron chi connectivity index (χ1n) is 10.5. The van der Waals surface area contributed by atoms with E-state index in [0.29, 0.717) is 22.4 Å². The van der Waals surface area contributed by atoms with Gasteiger partial charge in [-0.1, -0.05) is 34.1 Å². The van der Waals surface area contributed by atoms with Gasteiger partial charge in [0.1, 0.15) is 5.82 Å². The maximum atomic E-state index is 13.4. The Labute approximate surface area is 207 Å². The maximum Gasteiger partial charge on any atom is 0.416 e. The fourth-order valence-corrected chi connectivity index (χ4v) is 3.87. The molecule has 0 fully saturated rings. The zero-order chi connectivity index (χ0) is 25.3. The molecule has 0 aliphatic carbocycles. The number of fused-ring (bicyclic) bond motifs is 1. The van der Waals surface area contributed by atoms with Gasteiger partial charge in [-0.25, -0.2) is 9.78 Å². The number of nitrogens with zero attached hydrogens (tertiary/aromatic N) is 3. The zero-order valence-electron chi connectivity index (χ0n) is 18.7. The molecule has 180 valence electrons. The molecule has 1 atom stereocenters. The van der Waals surface area contributed by atoms with Crippen molar-refractivity contribution in [3.05, 3.63) is 99.0 Å². The standard InChI is InChI=1S/C25H20BrF3N4O2/c1-15(32(2)24(35)30-18-7-5-6-16(14-18)25(27,28)29)22-31-21-9-4-3-8-20(21)23(34)33(22)19-12-10-17(26)11-13-19/h3-15H,1-2H3,(H,30,35). The van der Waals surface area contributed by atoms with Crippen LogP contribution >= 0.6 is 15.9 Å². The topological polar surface area (TPSA) is 67.2 Å². The molecule has 10 heteroatoms. The molecule has 1 N–H and O–H groups in total. The zero-order valence-corrected chi connectivity index (χ0v) is 20.3. The highest BCUT2D eigenvalue weighted by atomic mass is 79.9. The molecular formula is C25H20BrF3N4O2. The number of carbonyl (C=O) groups is 1. The molecule has 4 aromatic rings. The molecule has 0 bridgehead atoms. The quantitative estimate of drug-likeness (QED) is 0.323. The first-order valence-corrected chi connectivity index (χ1v) is 11.3. The lowest BCUT2D eigenvalue weighted by Crippen LogP contribution is -2.37. The molecule has 2 amide bonds. The minimum absolute atomic E-state index is 0.000598. The van der Waals surface area contributed by atoms with Crippen molar-refractivity contribution in [1.29, 1.82) is 0 Å². The fourth-order valence-electron chi connectivity index (χ4n) is 3.60. The predicted molar refractivity (Wildman–Crippen MR) is 132 cm³/mol.